The highest BCUT2D eigenvalue weighted by molar-refractivity contribution is 6.18. The number of ketones is 1. The standard InChI is InChI=1S/C26H28N2O5/c1-25(15-21(27-33-25)16-5-9-19(30-3)10-6-16)18-13-22(29)26(2)23(14-18)32-28-24(26)17-7-11-20(31-4)12-8-17/h5-12,18,23H,13-15H2,1-4H3/t18-,23-,25-,26-/m1/s1. The monoisotopic (exact) mass is 448 g/mol. The van der Waals surface area contributed by atoms with Gasteiger partial charge in [0.15, 0.2) is 0 Å². The molecule has 172 valence electrons. The van der Waals surface area contributed by atoms with Crippen LogP contribution in [0.5, 0.6) is 11.5 Å². The summed E-state index contributed by atoms with van der Waals surface area (Å²) in [6.07, 6.45) is 1.37. The van der Waals surface area contributed by atoms with E-state index in [1.165, 1.54) is 0 Å². The summed E-state index contributed by atoms with van der Waals surface area (Å²) in [6, 6.07) is 15.4. The summed E-state index contributed by atoms with van der Waals surface area (Å²) in [5, 5.41) is 8.74. The summed E-state index contributed by atoms with van der Waals surface area (Å²) < 4.78 is 10.5. The molecule has 0 unspecified atom stereocenters. The molecule has 2 aromatic carbocycles. The van der Waals surface area contributed by atoms with Crippen molar-refractivity contribution >= 4 is 17.2 Å². The fourth-order valence-corrected chi connectivity index (χ4v) is 5.12. The van der Waals surface area contributed by atoms with E-state index in [9.17, 15) is 4.79 Å². The average Bonchev–Trinajstić information content (AvgIpc) is 3.41. The molecule has 2 aliphatic heterocycles. The first-order chi connectivity index (χ1) is 15.9. The Morgan fingerprint density at radius 3 is 2.12 bits per heavy atom. The summed E-state index contributed by atoms with van der Waals surface area (Å²) in [5.41, 5.74) is 2.09. The number of methoxy groups -OCH3 is 2. The second-order valence-electron chi connectivity index (χ2n) is 9.37. The molecular formula is C26H28N2O5. The Kier molecular flexibility index (Phi) is 5.15. The van der Waals surface area contributed by atoms with E-state index in [0.29, 0.717) is 25.0 Å². The number of rotatable bonds is 5. The predicted octanol–water partition coefficient (Wildman–Crippen LogP) is 4.38. The first kappa shape index (κ1) is 21.5. The van der Waals surface area contributed by atoms with Gasteiger partial charge in [-0.05, 0) is 74.4 Å². The smallest absolute Gasteiger partial charge is 0.149 e. The van der Waals surface area contributed by atoms with Crippen molar-refractivity contribution in [1.29, 1.82) is 0 Å². The van der Waals surface area contributed by atoms with Crippen molar-refractivity contribution in [2.75, 3.05) is 14.2 Å². The van der Waals surface area contributed by atoms with Gasteiger partial charge in [0.25, 0.3) is 0 Å². The van der Waals surface area contributed by atoms with Gasteiger partial charge in [-0.15, -0.1) is 0 Å². The minimum absolute atomic E-state index is 0.0204. The van der Waals surface area contributed by atoms with E-state index in [2.05, 4.69) is 10.3 Å². The molecular weight excluding hydrogens is 420 g/mol. The highest BCUT2D eigenvalue weighted by Crippen LogP contribution is 2.49. The molecule has 0 saturated heterocycles. The van der Waals surface area contributed by atoms with Gasteiger partial charge in [-0.1, -0.05) is 10.3 Å². The normalized spacial score (nSPS) is 30.6. The van der Waals surface area contributed by atoms with Crippen molar-refractivity contribution in [3.63, 3.8) is 0 Å². The van der Waals surface area contributed by atoms with Crippen molar-refractivity contribution < 1.29 is 23.9 Å². The van der Waals surface area contributed by atoms with Crippen LogP contribution in [0.3, 0.4) is 0 Å². The Balaban J connectivity index is 1.32. The Labute approximate surface area is 193 Å². The second-order valence-corrected chi connectivity index (χ2v) is 9.37. The summed E-state index contributed by atoms with van der Waals surface area (Å²) in [7, 11) is 3.27. The Bertz CT molecular complexity index is 1120. The molecule has 2 aromatic rings. The lowest BCUT2D eigenvalue weighted by Gasteiger charge is -2.41. The Morgan fingerprint density at radius 2 is 1.52 bits per heavy atom. The molecule has 0 amide bonds. The lowest BCUT2D eigenvalue weighted by molar-refractivity contribution is -0.145. The van der Waals surface area contributed by atoms with Crippen LogP contribution in [0.1, 0.15) is 44.2 Å². The lowest BCUT2D eigenvalue weighted by Crippen LogP contribution is -2.53. The van der Waals surface area contributed by atoms with Crippen molar-refractivity contribution in [2.24, 2.45) is 21.6 Å². The van der Waals surface area contributed by atoms with Gasteiger partial charge in [0.1, 0.15) is 40.1 Å². The van der Waals surface area contributed by atoms with Crippen LogP contribution in [-0.4, -0.2) is 43.1 Å². The number of nitrogens with zero attached hydrogens (tertiary/aromatic N) is 2. The number of oxime groups is 2. The van der Waals surface area contributed by atoms with E-state index < -0.39 is 11.0 Å². The topological polar surface area (TPSA) is 78.7 Å². The molecule has 1 fully saturated rings. The number of benzene rings is 2. The van der Waals surface area contributed by atoms with Crippen LogP contribution in [0, 0.1) is 11.3 Å². The molecule has 4 atom stereocenters. The largest absolute Gasteiger partial charge is 0.497 e. The van der Waals surface area contributed by atoms with Crippen LogP contribution in [0.15, 0.2) is 58.8 Å². The van der Waals surface area contributed by atoms with Gasteiger partial charge in [-0.2, -0.15) is 0 Å². The van der Waals surface area contributed by atoms with Gasteiger partial charge in [0, 0.05) is 24.3 Å². The molecule has 7 nitrogen and oxygen atoms in total. The molecule has 0 spiro atoms. The molecule has 1 saturated carbocycles. The van der Waals surface area contributed by atoms with Crippen LogP contribution < -0.4 is 9.47 Å². The van der Waals surface area contributed by atoms with E-state index >= 15 is 0 Å². The molecule has 5 rings (SSSR count). The van der Waals surface area contributed by atoms with E-state index in [1.807, 2.05) is 62.4 Å². The van der Waals surface area contributed by atoms with E-state index in [0.717, 1.165) is 28.3 Å². The van der Waals surface area contributed by atoms with Crippen molar-refractivity contribution in [3.8, 4) is 11.5 Å². The van der Waals surface area contributed by atoms with Crippen LogP contribution in [0.2, 0.25) is 0 Å². The Hall–Kier alpha value is -3.35. The number of hydrogen-bond donors (Lipinski definition) is 0. The highest BCUT2D eigenvalue weighted by Gasteiger charge is 2.59. The predicted molar refractivity (Wildman–Crippen MR) is 124 cm³/mol. The first-order valence-electron chi connectivity index (χ1n) is 11.2. The third-order valence-electron chi connectivity index (χ3n) is 7.45. The summed E-state index contributed by atoms with van der Waals surface area (Å²) in [5.74, 6) is 1.66. The molecule has 33 heavy (non-hydrogen) atoms. The van der Waals surface area contributed by atoms with E-state index in [4.69, 9.17) is 19.1 Å². The average molecular weight is 449 g/mol. The van der Waals surface area contributed by atoms with E-state index in [-0.39, 0.29) is 17.8 Å². The SMILES string of the molecule is COc1ccc(C2=NO[C@@](C)([C@@H]3CC(=O)[C@@]4(C)C(c5ccc(OC)cc5)=NO[C@@H]4C3)C2)cc1. The van der Waals surface area contributed by atoms with Crippen LogP contribution in [-0.2, 0) is 14.5 Å². The number of carbonyl (C=O) groups is 1. The minimum atomic E-state index is -0.778. The van der Waals surface area contributed by atoms with Gasteiger partial charge in [0.2, 0.25) is 0 Å². The molecule has 0 N–H and O–H groups in total. The summed E-state index contributed by atoms with van der Waals surface area (Å²) in [6.45, 7) is 3.98. The number of carbonyl (C=O) groups excluding carboxylic acids is 1. The number of Topliss-reactive ketones (excluding diaryl/α,β-unsaturated/α-hetero) is 1. The third-order valence-corrected chi connectivity index (χ3v) is 7.45. The van der Waals surface area contributed by atoms with Gasteiger partial charge < -0.3 is 19.1 Å². The molecule has 0 bridgehead atoms. The number of fused-ring (bicyclic) bond motifs is 1. The van der Waals surface area contributed by atoms with Crippen LogP contribution in [0.25, 0.3) is 0 Å². The third kappa shape index (κ3) is 3.46. The summed E-state index contributed by atoms with van der Waals surface area (Å²) >= 11 is 0. The second kappa shape index (κ2) is 7.90. The maximum absolute atomic E-state index is 13.5. The molecule has 0 radical (unpaired) electrons. The molecule has 2 heterocycles. The highest BCUT2D eigenvalue weighted by atomic mass is 16.7. The fourth-order valence-electron chi connectivity index (χ4n) is 5.12. The minimum Gasteiger partial charge on any atom is -0.497 e. The molecule has 3 aliphatic rings. The zero-order chi connectivity index (χ0) is 23.2. The van der Waals surface area contributed by atoms with Crippen LogP contribution in [0.4, 0.5) is 0 Å². The Morgan fingerprint density at radius 1 is 0.909 bits per heavy atom. The lowest BCUT2D eigenvalue weighted by atomic mass is 9.62. The molecule has 7 heteroatoms. The van der Waals surface area contributed by atoms with E-state index in [1.54, 1.807) is 14.2 Å². The molecule has 1 aliphatic carbocycles. The zero-order valence-electron chi connectivity index (χ0n) is 19.3. The van der Waals surface area contributed by atoms with Crippen molar-refractivity contribution in [2.45, 2.75) is 44.8 Å². The van der Waals surface area contributed by atoms with Crippen LogP contribution >= 0.6 is 0 Å². The first-order valence-corrected chi connectivity index (χ1v) is 11.2. The quantitative estimate of drug-likeness (QED) is 0.679. The number of hydrogen-bond acceptors (Lipinski definition) is 7. The zero-order valence-corrected chi connectivity index (χ0v) is 19.3. The van der Waals surface area contributed by atoms with Crippen molar-refractivity contribution in [1.82, 2.24) is 0 Å². The maximum Gasteiger partial charge on any atom is 0.149 e. The van der Waals surface area contributed by atoms with Gasteiger partial charge in [0.05, 0.1) is 19.9 Å². The van der Waals surface area contributed by atoms with Gasteiger partial charge in [-0.25, -0.2) is 0 Å². The fraction of sp³-hybridized carbons (Fsp3) is 0.423. The maximum atomic E-state index is 13.5. The van der Waals surface area contributed by atoms with Gasteiger partial charge in [-0.3, -0.25) is 4.79 Å². The summed E-state index contributed by atoms with van der Waals surface area (Å²) in [4.78, 5) is 25.4. The van der Waals surface area contributed by atoms with Crippen molar-refractivity contribution in [3.05, 3.63) is 59.7 Å². The van der Waals surface area contributed by atoms with Gasteiger partial charge >= 0.3 is 0 Å². The number of ether oxygens (including phenoxy) is 2. The molecule has 0 aromatic heterocycles.